The van der Waals surface area contributed by atoms with E-state index in [1.165, 1.54) is 18.2 Å². The number of nitrogens with one attached hydrogen (secondary N) is 1. The molecule has 0 aliphatic carbocycles. The van der Waals surface area contributed by atoms with Gasteiger partial charge in [-0.25, -0.2) is 14.1 Å². The lowest BCUT2D eigenvalue weighted by Crippen LogP contribution is -2.14. The number of anilines is 1. The number of ether oxygens (including phenoxy) is 1. The zero-order valence-electron chi connectivity index (χ0n) is 17.2. The maximum atomic E-state index is 13.5. The van der Waals surface area contributed by atoms with Crippen LogP contribution in [0.4, 0.5) is 10.1 Å². The quantitative estimate of drug-likeness (QED) is 0.479. The van der Waals surface area contributed by atoms with Crippen molar-refractivity contribution in [1.82, 2.24) is 14.8 Å². The van der Waals surface area contributed by atoms with E-state index in [0.29, 0.717) is 18.1 Å². The lowest BCUT2D eigenvalue weighted by Gasteiger charge is -2.08. The third kappa shape index (κ3) is 4.61. The lowest BCUT2D eigenvalue weighted by atomic mass is 10.1. The number of aryl methyl sites for hydroxylation is 1. The predicted octanol–water partition coefficient (Wildman–Crippen LogP) is 5.03. The molecule has 0 aliphatic heterocycles. The predicted molar refractivity (Wildman–Crippen MR) is 117 cm³/mol. The standard InChI is InChI=1S/C24H21FN4O2/c1-3-31-21-12-10-20(11-13-21)29-23(17-7-4-6-16(2)14-17)27-22(28-29)24(30)26-19-9-5-8-18(25)15-19/h4-15H,3H2,1-2H3,(H,26,30). The molecule has 0 aliphatic rings. The Morgan fingerprint density at radius 2 is 1.84 bits per heavy atom. The second kappa shape index (κ2) is 8.79. The Morgan fingerprint density at radius 3 is 2.55 bits per heavy atom. The van der Waals surface area contributed by atoms with E-state index >= 15 is 0 Å². The molecule has 156 valence electrons. The van der Waals surface area contributed by atoms with Crippen molar-refractivity contribution in [3.63, 3.8) is 0 Å². The monoisotopic (exact) mass is 416 g/mol. The van der Waals surface area contributed by atoms with Crippen molar-refractivity contribution >= 4 is 11.6 Å². The molecule has 1 aromatic heterocycles. The van der Waals surface area contributed by atoms with Gasteiger partial charge in [0.1, 0.15) is 11.6 Å². The van der Waals surface area contributed by atoms with Gasteiger partial charge in [0.2, 0.25) is 5.82 Å². The SMILES string of the molecule is CCOc1ccc(-n2nc(C(=O)Nc3cccc(F)c3)nc2-c2cccc(C)c2)cc1. The van der Waals surface area contributed by atoms with Crippen LogP contribution in [0.1, 0.15) is 23.1 Å². The molecule has 0 saturated carbocycles. The Labute approximate surface area is 179 Å². The van der Waals surface area contributed by atoms with Crippen LogP contribution in [0.2, 0.25) is 0 Å². The van der Waals surface area contributed by atoms with Gasteiger partial charge >= 0.3 is 0 Å². The Kier molecular flexibility index (Phi) is 5.75. The van der Waals surface area contributed by atoms with Gasteiger partial charge in [-0.3, -0.25) is 4.79 Å². The minimum atomic E-state index is -0.524. The fourth-order valence-corrected chi connectivity index (χ4v) is 3.16. The van der Waals surface area contributed by atoms with E-state index in [1.54, 1.807) is 10.7 Å². The van der Waals surface area contributed by atoms with Crippen LogP contribution in [-0.2, 0) is 0 Å². The Balaban J connectivity index is 1.73. The fourth-order valence-electron chi connectivity index (χ4n) is 3.16. The minimum Gasteiger partial charge on any atom is -0.494 e. The molecule has 31 heavy (non-hydrogen) atoms. The van der Waals surface area contributed by atoms with E-state index in [4.69, 9.17) is 4.74 Å². The molecule has 4 aromatic rings. The lowest BCUT2D eigenvalue weighted by molar-refractivity contribution is 0.101. The van der Waals surface area contributed by atoms with Gasteiger partial charge in [0.15, 0.2) is 5.82 Å². The number of halogens is 1. The molecule has 0 fully saturated rings. The van der Waals surface area contributed by atoms with E-state index in [-0.39, 0.29) is 5.82 Å². The summed E-state index contributed by atoms with van der Waals surface area (Å²) in [5.41, 5.74) is 2.95. The number of amides is 1. The molecule has 4 rings (SSSR count). The summed E-state index contributed by atoms with van der Waals surface area (Å²) >= 11 is 0. The molecule has 1 amide bonds. The topological polar surface area (TPSA) is 69.0 Å². The largest absolute Gasteiger partial charge is 0.494 e. The minimum absolute atomic E-state index is 0.0188. The van der Waals surface area contributed by atoms with Crippen LogP contribution in [0.15, 0.2) is 72.8 Å². The number of hydrogen-bond acceptors (Lipinski definition) is 4. The highest BCUT2D eigenvalue weighted by molar-refractivity contribution is 6.01. The molecule has 0 unspecified atom stereocenters. The van der Waals surface area contributed by atoms with Crippen LogP contribution in [0.25, 0.3) is 17.1 Å². The first-order valence-electron chi connectivity index (χ1n) is 9.88. The average molecular weight is 416 g/mol. The van der Waals surface area contributed by atoms with Crippen LogP contribution in [0.5, 0.6) is 5.75 Å². The van der Waals surface area contributed by atoms with Gasteiger partial charge in [-0.15, -0.1) is 5.10 Å². The Hall–Kier alpha value is -4.00. The van der Waals surface area contributed by atoms with Crippen LogP contribution >= 0.6 is 0 Å². The number of aromatic nitrogens is 3. The average Bonchev–Trinajstić information content (AvgIpc) is 3.20. The highest BCUT2D eigenvalue weighted by atomic mass is 19.1. The normalized spacial score (nSPS) is 10.7. The third-order valence-electron chi connectivity index (χ3n) is 4.56. The van der Waals surface area contributed by atoms with Gasteiger partial charge < -0.3 is 10.1 Å². The molecule has 0 atom stereocenters. The number of carbonyl (C=O) groups excluding carboxylic acids is 1. The van der Waals surface area contributed by atoms with Crippen molar-refractivity contribution in [2.45, 2.75) is 13.8 Å². The summed E-state index contributed by atoms with van der Waals surface area (Å²) in [6.45, 7) is 4.48. The smallest absolute Gasteiger partial charge is 0.295 e. The molecule has 7 heteroatoms. The van der Waals surface area contributed by atoms with Crippen LogP contribution in [0.3, 0.4) is 0 Å². The second-order valence-electron chi connectivity index (χ2n) is 6.93. The number of carbonyl (C=O) groups is 1. The van der Waals surface area contributed by atoms with E-state index < -0.39 is 11.7 Å². The van der Waals surface area contributed by atoms with Gasteiger partial charge in [0.05, 0.1) is 12.3 Å². The molecule has 0 saturated heterocycles. The summed E-state index contributed by atoms with van der Waals surface area (Å²) in [6.07, 6.45) is 0. The molecule has 6 nitrogen and oxygen atoms in total. The first kappa shape index (κ1) is 20.3. The van der Waals surface area contributed by atoms with E-state index in [1.807, 2.05) is 62.4 Å². The molecule has 1 N–H and O–H groups in total. The molecule has 0 bridgehead atoms. The molecule has 0 radical (unpaired) electrons. The van der Waals surface area contributed by atoms with E-state index in [0.717, 1.165) is 22.6 Å². The fraction of sp³-hybridized carbons (Fsp3) is 0.125. The molecule has 1 heterocycles. The van der Waals surface area contributed by atoms with E-state index in [9.17, 15) is 9.18 Å². The highest BCUT2D eigenvalue weighted by Crippen LogP contribution is 2.24. The van der Waals surface area contributed by atoms with Crippen molar-refractivity contribution in [2.75, 3.05) is 11.9 Å². The van der Waals surface area contributed by atoms with Crippen molar-refractivity contribution in [1.29, 1.82) is 0 Å². The first-order valence-corrected chi connectivity index (χ1v) is 9.88. The van der Waals surface area contributed by atoms with Gasteiger partial charge in [-0.05, 0) is 62.4 Å². The highest BCUT2D eigenvalue weighted by Gasteiger charge is 2.19. The van der Waals surface area contributed by atoms with Crippen LogP contribution in [0, 0.1) is 12.7 Å². The van der Waals surface area contributed by atoms with Gasteiger partial charge in [-0.2, -0.15) is 0 Å². The van der Waals surface area contributed by atoms with Crippen LogP contribution in [-0.4, -0.2) is 27.3 Å². The summed E-state index contributed by atoms with van der Waals surface area (Å²) in [7, 11) is 0. The number of nitrogens with zero attached hydrogens (tertiary/aromatic N) is 3. The van der Waals surface area contributed by atoms with Gasteiger partial charge in [0.25, 0.3) is 5.91 Å². The van der Waals surface area contributed by atoms with Gasteiger partial charge in [0, 0.05) is 11.3 Å². The van der Waals surface area contributed by atoms with Crippen molar-refractivity contribution in [3.8, 4) is 22.8 Å². The zero-order valence-corrected chi connectivity index (χ0v) is 17.2. The van der Waals surface area contributed by atoms with Gasteiger partial charge in [-0.1, -0.05) is 29.8 Å². The summed E-state index contributed by atoms with van der Waals surface area (Å²) in [5.74, 6) is 0.287. The molecular weight excluding hydrogens is 395 g/mol. The maximum Gasteiger partial charge on any atom is 0.295 e. The van der Waals surface area contributed by atoms with Crippen molar-refractivity contribution < 1.29 is 13.9 Å². The second-order valence-corrected chi connectivity index (χ2v) is 6.93. The number of hydrogen-bond donors (Lipinski definition) is 1. The summed E-state index contributed by atoms with van der Waals surface area (Å²) in [5, 5.41) is 7.08. The zero-order chi connectivity index (χ0) is 21.8. The first-order chi connectivity index (χ1) is 15.0. The molecular formula is C24H21FN4O2. The summed E-state index contributed by atoms with van der Waals surface area (Å²) in [4.78, 5) is 17.3. The summed E-state index contributed by atoms with van der Waals surface area (Å²) < 4.78 is 20.6. The van der Waals surface area contributed by atoms with Crippen LogP contribution < -0.4 is 10.1 Å². The molecule has 3 aromatic carbocycles. The Bertz CT molecular complexity index is 1220. The Morgan fingerprint density at radius 1 is 1.06 bits per heavy atom. The molecule has 0 spiro atoms. The van der Waals surface area contributed by atoms with E-state index in [2.05, 4.69) is 15.4 Å². The third-order valence-corrected chi connectivity index (χ3v) is 4.56. The number of rotatable bonds is 6. The summed E-state index contributed by atoms with van der Waals surface area (Å²) in [6, 6.07) is 20.9. The number of benzene rings is 3. The maximum absolute atomic E-state index is 13.5. The van der Waals surface area contributed by atoms with Crippen molar-refractivity contribution in [3.05, 3.63) is 90.0 Å². The van der Waals surface area contributed by atoms with Crippen molar-refractivity contribution in [2.24, 2.45) is 0 Å².